The molecule has 0 bridgehead atoms. The molecular weight excluding hydrogens is 292 g/mol. The number of hydrogen-bond acceptors (Lipinski definition) is 3. The predicted octanol–water partition coefficient (Wildman–Crippen LogP) is 2.00. The van der Waals surface area contributed by atoms with Crippen molar-refractivity contribution in [3.63, 3.8) is 0 Å². The minimum Gasteiger partial charge on any atom is -0.385 e. The van der Waals surface area contributed by atoms with E-state index in [1.807, 2.05) is 30.3 Å². The van der Waals surface area contributed by atoms with E-state index in [1.54, 1.807) is 31.5 Å². The quantitative estimate of drug-likeness (QED) is 0.628. The molecule has 2 aromatic rings. The normalized spacial score (nSPS) is 11.3. The number of carbonyl (C=O) groups is 1. The number of amides is 1. The molecule has 23 heavy (non-hydrogen) atoms. The summed E-state index contributed by atoms with van der Waals surface area (Å²) in [7, 11) is 1.62. The van der Waals surface area contributed by atoms with E-state index in [0.29, 0.717) is 25.3 Å². The average Bonchev–Trinajstić information content (AvgIpc) is 2.58. The minimum atomic E-state index is -0.293. The van der Waals surface area contributed by atoms with Crippen LogP contribution in [-0.2, 0) is 9.53 Å². The summed E-state index contributed by atoms with van der Waals surface area (Å²) in [5, 5.41) is 2.82. The molecule has 1 N–H and O–H groups in total. The van der Waals surface area contributed by atoms with Gasteiger partial charge in [-0.25, -0.2) is 0 Å². The third-order valence-corrected chi connectivity index (χ3v) is 3.23. The van der Waals surface area contributed by atoms with Crippen molar-refractivity contribution in [1.82, 2.24) is 9.88 Å². The third kappa shape index (κ3) is 4.93. The summed E-state index contributed by atoms with van der Waals surface area (Å²) in [4.78, 5) is 24.5. The summed E-state index contributed by atoms with van der Waals surface area (Å²) in [5.74, 6) is -0.293. The van der Waals surface area contributed by atoms with Crippen molar-refractivity contribution in [3.8, 4) is 0 Å². The zero-order valence-electron chi connectivity index (χ0n) is 13.1. The van der Waals surface area contributed by atoms with Gasteiger partial charge in [-0.1, -0.05) is 36.4 Å². The van der Waals surface area contributed by atoms with Gasteiger partial charge in [0.2, 0.25) is 0 Å². The van der Waals surface area contributed by atoms with Gasteiger partial charge in [-0.15, -0.1) is 0 Å². The number of aromatic nitrogens is 1. The van der Waals surface area contributed by atoms with E-state index in [0.717, 1.165) is 5.56 Å². The predicted molar refractivity (Wildman–Crippen MR) is 90.8 cm³/mol. The van der Waals surface area contributed by atoms with Crippen LogP contribution in [0.5, 0.6) is 0 Å². The Balaban J connectivity index is 2.29. The Hall–Kier alpha value is -2.66. The van der Waals surface area contributed by atoms with Gasteiger partial charge in [0.1, 0.15) is 5.70 Å². The highest BCUT2D eigenvalue weighted by atomic mass is 16.5. The number of hydrogen-bond donors (Lipinski definition) is 1. The van der Waals surface area contributed by atoms with E-state index in [2.05, 4.69) is 5.32 Å². The van der Waals surface area contributed by atoms with Gasteiger partial charge in [0, 0.05) is 32.5 Å². The van der Waals surface area contributed by atoms with Gasteiger partial charge in [-0.2, -0.15) is 0 Å². The molecule has 1 aromatic heterocycles. The molecule has 0 atom stereocenters. The summed E-state index contributed by atoms with van der Waals surface area (Å²) in [6, 6.07) is 14.2. The highest BCUT2D eigenvalue weighted by molar-refractivity contribution is 6.18. The van der Waals surface area contributed by atoms with Gasteiger partial charge in [0.05, 0.1) is 0 Å². The smallest absolute Gasteiger partial charge is 0.268 e. The van der Waals surface area contributed by atoms with Crippen LogP contribution in [-0.4, -0.2) is 30.7 Å². The lowest BCUT2D eigenvalue weighted by Crippen LogP contribution is -2.31. The number of methoxy groups -OCH3 is 1. The van der Waals surface area contributed by atoms with E-state index >= 15 is 0 Å². The van der Waals surface area contributed by atoms with Gasteiger partial charge in [0.25, 0.3) is 11.5 Å². The fraction of sp³-hybridized carbons (Fsp3) is 0.222. The molecule has 0 aliphatic heterocycles. The lowest BCUT2D eigenvalue weighted by atomic mass is 10.2. The van der Waals surface area contributed by atoms with Crippen LogP contribution in [0.2, 0.25) is 0 Å². The first-order valence-corrected chi connectivity index (χ1v) is 7.44. The zero-order chi connectivity index (χ0) is 16.5. The van der Waals surface area contributed by atoms with Crippen LogP contribution in [0, 0.1) is 0 Å². The van der Waals surface area contributed by atoms with E-state index in [-0.39, 0.29) is 11.5 Å². The van der Waals surface area contributed by atoms with E-state index < -0.39 is 0 Å². The highest BCUT2D eigenvalue weighted by Gasteiger charge is 2.12. The molecule has 1 aromatic carbocycles. The molecule has 0 fully saturated rings. The third-order valence-electron chi connectivity index (χ3n) is 3.23. The van der Waals surface area contributed by atoms with Crippen molar-refractivity contribution in [2.45, 2.75) is 6.42 Å². The van der Waals surface area contributed by atoms with Crippen LogP contribution in [0.1, 0.15) is 12.0 Å². The lowest BCUT2D eigenvalue weighted by Gasteiger charge is -2.11. The molecule has 1 heterocycles. The first-order chi connectivity index (χ1) is 11.2. The minimum absolute atomic E-state index is 0.248. The Morgan fingerprint density at radius 3 is 2.61 bits per heavy atom. The molecule has 1 amide bonds. The van der Waals surface area contributed by atoms with Gasteiger partial charge >= 0.3 is 0 Å². The van der Waals surface area contributed by atoms with Crippen LogP contribution in [0.3, 0.4) is 0 Å². The second-order valence-electron chi connectivity index (χ2n) is 4.95. The second kappa shape index (κ2) is 8.70. The fourth-order valence-corrected chi connectivity index (χ4v) is 2.09. The molecule has 2 rings (SSSR count). The zero-order valence-corrected chi connectivity index (χ0v) is 13.1. The number of nitrogens with zero attached hydrogens (tertiary/aromatic N) is 1. The molecule has 5 nitrogen and oxygen atoms in total. The fourth-order valence-electron chi connectivity index (χ4n) is 2.09. The van der Waals surface area contributed by atoms with Crippen LogP contribution in [0.25, 0.3) is 11.8 Å². The summed E-state index contributed by atoms with van der Waals surface area (Å²) in [6.07, 6.45) is 4.00. The monoisotopic (exact) mass is 312 g/mol. The summed E-state index contributed by atoms with van der Waals surface area (Å²) in [5.41, 5.74) is 0.895. The van der Waals surface area contributed by atoms with Crippen LogP contribution in [0.4, 0.5) is 0 Å². The number of carbonyl (C=O) groups excluding carboxylic acids is 1. The Labute approximate surface area is 135 Å². The summed E-state index contributed by atoms with van der Waals surface area (Å²) < 4.78 is 6.31. The summed E-state index contributed by atoms with van der Waals surface area (Å²) in [6.45, 7) is 1.06. The van der Waals surface area contributed by atoms with Crippen LogP contribution >= 0.6 is 0 Å². The van der Waals surface area contributed by atoms with Crippen LogP contribution in [0.15, 0.2) is 59.5 Å². The molecule has 0 aliphatic rings. The molecule has 0 radical (unpaired) electrons. The molecule has 0 saturated carbocycles. The van der Waals surface area contributed by atoms with Gasteiger partial charge in [0.15, 0.2) is 0 Å². The van der Waals surface area contributed by atoms with Crippen LogP contribution < -0.4 is 10.9 Å². The number of benzene rings is 1. The Bertz CT molecular complexity index is 720. The standard InChI is InChI=1S/C18H20N2O3/c1-23-13-7-11-19-18(22)16(14-15-8-3-2-4-9-15)20-12-6-5-10-17(20)21/h2-6,8-10,12,14H,7,11,13H2,1H3,(H,19,22). The maximum absolute atomic E-state index is 12.5. The Kier molecular flexibility index (Phi) is 6.32. The van der Waals surface area contributed by atoms with Gasteiger partial charge in [-0.3, -0.25) is 14.2 Å². The summed E-state index contributed by atoms with van der Waals surface area (Å²) >= 11 is 0. The van der Waals surface area contributed by atoms with Crippen molar-refractivity contribution >= 4 is 17.7 Å². The topological polar surface area (TPSA) is 60.3 Å². The van der Waals surface area contributed by atoms with E-state index in [1.165, 1.54) is 10.6 Å². The van der Waals surface area contributed by atoms with E-state index in [9.17, 15) is 9.59 Å². The van der Waals surface area contributed by atoms with E-state index in [4.69, 9.17) is 4.74 Å². The number of pyridine rings is 1. The highest BCUT2D eigenvalue weighted by Crippen LogP contribution is 2.10. The number of rotatable bonds is 7. The largest absolute Gasteiger partial charge is 0.385 e. The number of ether oxygens (including phenoxy) is 1. The molecule has 0 saturated heterocycles. The van der Waals surface area contributed by atoms with Crippen molar-refractivity contribution in [3.05, 3.63) is 70.6 Å². The molecular formula is C18H20N2O3. The SMILES string of the molecule is COCCCNC(=O)C(=Cc1ccccc1)n1ccccc1=O. The maximum atomic E-state index is 12.5. The first kappa shape index (κ1) is 16.7. The number of nitrogens with one attached hydrogen (secondary N) is 1. The molecule has 0 spiro atoms. The lowest BCUT2D eigenvalue weighted by molar-refractivity contribution is -0.116. The van der Waals surface area contributed by atoms with Crippen molar-refractivity contribution in [2.24, 2.45) is 0 Å². The Morgan fingerprint density at radius 1 is 1.17 bits per heavy atom. The maximum Gasteiger partial charge on any atom is 0.268 e. The van der Waals surface area contributed by atoms with Gasteiger partial charge in [-0.05, 0) is 24.1 Å². The Morgan fingerprint density at radius 2 is 1.91 bits per heavy atom. The molecule has 0 aliphatic carbocycles. The molecule has 0 unspecified atom stereocenters. The van der Waals surface area contributed by atoms with Crippen molar-refractivity contribution < 1.29 is 9.53 Å². The van der Waals surface area contributed by atoms with Crippen molar-refractivity contribution in [2.75, 3.05) is 20.3 Å². The first-order valence-electron chi connectivity index (χ1n) is 7.44. The van der Waals surface area contributed by atoms with Gasteiger partial charge < -0.3 is 10.1 Å². The average molecular weight is 312 g/mol. The van der Waals surface area contributed by atoms with Crippen molar-refractivity contribution in [1.29, 1.82) is 0 Å². The molecule has 120 valence electrons. The molecule has 5 heteroatoms. The second-order valence-corrected chi connectivity index (χ2v) is 4.95.